The predicted molar refractivity (Wildman–Crippen MR) is 93.2 cm³/mol. The van der Waals surface area contributed by atoms with E-state index in [1.54, 1.807) is 0 Å². The molecule has 0 amide bonds. The van der Waals surface area contributed by atoms with Crippen LogP contribution in [0.5, 0.6) is 0 Å². The number of hydrogen-bond acceptors (Lipinski definition) is 7. The molecule has 0 bridgehead atoms. The van der Waals surface area contributed by atoms with E-state index in [9.17, 15) is 0 Å². The zero-order valence-corrected chi connectivity index (χ0v) is 22.8. The van der Waals surface area contributed by atoms with Crippen molar-refractivity contribution >= 4 is 41.8 Å². The number of carboxylic acid groups (broad SMARTS) is 7. The van der Waals surface area contributed by atoms with Crippen LogP contribution in [0.15, 0.2) is 0 Å². The Kier molecular flexibility index (Phi) is 115. The molecule has 0 fully saturated rings. The molecule has 0 unspecified atom stereocenters. The first-order valence-electron chi connectivity index (χ1n) is 6.49. The first-order valence-corrected chi connectivity index (χ1v) is 6.49. The minimum Gasteiger partial charge on any atom is -0.481 e. The first-order chi connectivity index (χ1) is 12.1. The molecule has 0 saturated heterocycles. The fourth-order valence-corrected chi connectivity index (χ4v) is 0. The smallest absolute Gasteiger partial charge is 0.481 e. The van der Waals surface area contributed by atoms with E-state index in [4.69, 9.17) is 69.3 Å². The minimum absolute atomic E-state index is 0. The van der Waals surface area contributed by atoms with Gasteiger partial charge in [-0.05, 0) is 0 Å². The molecule has 0 heterocycles. The van der Waals surface area contributed by atoms with Crippen LogP contribution in [-0.2, 0) is 92.0 Å². The van der Waals surface area contributed by atoms with Crippen molar-refractivity contribution in [1.29, 1.82) is 0 Å². The molecule has 0 spiro atoms. The van der Waals surface area contributed by atoms with Crippen molar-refractivity contribution in [2.24, 2.45) is 0 Å². The molecule has 0 rings (SSSR count). The van der Waals surface area contributed by atoms with Gasteiger partial charge in [-0.25, -0.2) is 0 Å². The molecule has 0 atom stereocenters. The number of carboxylic acids is 7. The molecular formula is C14H28O14Ru3+9. The van der Waals surface area contributed by atoms with Gasteiger partial charge in [0.05, 0.1) is 0 Å². The summed E-state index contributed by atoms with van der Waals surface area (Å²) in [6.07, 6.45) is 0. The van der Waals surface area contributed by atoms with Gasteiger partial charge >= 0.3 is 58.4 Å². The van der Waals surface area contributed by atoms with Crippen molar-refractivity contribution in [3.63, 3.8) is 0 Å². The van der Waals surface area contributed by atoms with Gasteiger partial charge in [0.25, 0.3) is 41.8 Å². The third kappa shape index (κ3) is 5690. The van der Waals surface area contributed by atoms with E-state index >= 15 is 0 Å². The van der Waals surface area contributed by atoms with Crippen molar-refractivity contribution < 1.29 is 128 Å². The van der Waals surface area contributed by atoms with E-state index in [-0.39, 0.29) is 58.4 Å². The van der Waals surface area contributed by atoms with Crippen molar-refractivity contribution in [1.82, 2.24) is 0 Å². The first kappa shape index (κ1) is 63.0. The summed E-state index contributed by atoms with van der Waals surface area (Å²) < 4.78 is 0. The molecule has 3 radical (unpaired) electrons. The normalized spacial score (nSPS) is 5.65. The molecule has 0 aromatic carbocycles. The third-order valence-electron chi connectivity index (χ3n) is 0. The average Bonchev–Trinajstić information content (AvgIpc) is 2.20. The second kappa shape index (κ2) is 56.6. The standard InChI is InChI=1S/7C2H4O2.3Ru/c7*1-2(3)4;;;/h7*1H3,(H,3,4);;;/q;;;;;;;3*+3. The fraction of sp³-hybridized carbons (Fsp3) is 0.500. The van der Waals surface area contributed by atoms with Crippen molar-refractivity contribution in [2.75, 3.05) is 0 Å². The van der Waals surface area contributed by atoms with E-state index in [2.05, 4.69) is 0 Å². The Morgan fingerprint density at radius 3 is 0.290 bits per heavy atom. The van der Waals surface area contributed by atoms with E-state index in [0.29, 0.717) is 0 Å². The zero-order chi connectivity index (χ0) is 25.0. The molecule has 17 heteroatoms. The van der Waals surface area contributed by atoms with Crippen LogP contribution in [-0.4, -0.2) is 77.5 Å². The van der Waals surface area contributed by atoms with Crippen LogP contribution in [0.4, 0.5) is 0 Å². The van der Waals surface area contributed by atoms with Gasteiger partial charge in [-0.1, -0.05) is 0 Å². The average molecular weight is 724 g/mol. The third-order valence-corrected chi connectivity index (χ3v) is 0. The van der Waals surface area contributed by atoms with Crippen LogP contribution in [0, 0.1) is 0 Å². The van der Waals surface area contributed by atoms with Gasteiger partial charge in [0.15, 0.2) is 0 Å². The Morgan fingerprint density at radius 1 is 0.290 bits per heavy atom. The van der Waals surface area contributed by atoms with Gasteiger partial charge in [0.1, 0.15) is 0 Å². The molecule has 14 nitrogen and oxygen atoms in total. The van der Waals surface area contributed by atoms with Gasteiger partial charge in [-0.2, -0.15) is 0 Å². The van der Waals surface area contributed by atoms with E-state index < -0.39 is 41.8 Å². The number of rotatable bonds is 0. The van der Waals surface area contributed by atoms with Gasteiger partial charge in [-0.15, -0.1) is 0 Å². The van der Waals surface area contributed by atoms with E-state index in [1.807, 2.05) is 0 Å². The predicted octanol–water partition coefficient (Wildman–Crippen LogP) is 0.629. The van der Waals surface area contributed by atoms with Crippen LogP contribution in [0.2, 0.25) is 0 Å². The van der Waals surface area contributed by atoms with Crippen LogP contribution < -0.4 is 0 Å². The zero-order valence-electron chi connectivity index (χ0n) is 17.5. The van der Waals surface area contributed by atoms with Gasteiger partial charge in [0, 0.05) is 48.5 Å². The van der Waals surface area contributed by atoms with E-state index in [1.165, 1.54) is 0 Å². The van der Waals surface area contributed by atoms with Gasteiger partial charge < -0.3 is 35.7 Å². The van der Waals surface area contributed by atoms with Crippen molar-refractivity contribution in [3.8, 4) is 0 Å². The maximum atomic E-state index is 9.00. The molecule has 0 saturated carbocycles. The maximum Gasteiger partial charge on any atom is 3.00 e. The largest absolute Gasteiger partial charge is 3.00 e. The minimum atomic E-state index is -0.833. The van der Waals surface area contributed by atoms with Crippen molar-refractivity contribution in [3.05, 3.63) is 0 Å². The Bertz CT molecular complexity index is 321. The van der Waals surface area contributed by atoms with Crippen LogP contribution in [0.1, 0.15) is 48.5 Å². The van der Waals surface area contributed by atoms with Gasteiger partial charge in [-0.3, -0.25) is 33.6 Å². The fourth-order valence-electron chi connectivity index (χ4n) is 0. The molecule has 7 N–H and O–H groups in total. The summed E-state index contributed by atoms with van der Waals surface area (Å²) in [5.41, 5.74) is 0. The number of carbonyl (C=O) groups is 7. The van der Waals surface area contributed by atoms with Crippen LogP contribution >= 0.6 is 0 Å². The molecule has 0 aliphatic carbocycles. The molecule has 0 aliphatic heterocycles. The molecule has 183 valence electrons. The van der Waals surface area contributed by atoms with E-state index in [0.717, 1.165) is 48.5 Å². The summed E-state index contributed by atoms with van der Waals surface area (Å²) in [5, 5.41) is 51.9. The molecule has 0 aliphatic rings. The van der Waals surface area contributed by atoms with Gasteiger partial charge in [0.2, 0.25) is 0 Å². The summed E-state index contributed by atoms with van der Waals surface area (Å²) in [4.78, 5) is 63.0. The maximum absolute atomic E-state index is 9.00. The SMILES string of the molecule is CC(=O)O.CC(=O)O.CC(=O)O.CC(=O)O.CC(=O)O.CC(=O)O.CC(=O)O.[Ru+3].[Ru+3].[Ru+3]. The van der Waals surface area contributed by atoms with Crippen molar-refractivity contribution in [2.45, 2.75) is 48.5 Å². The second-order valence-corrected chi connectivity index (χ2v) is 3.63. The quantitative estimate of drug-likeness (QED) is 0.169. The molecule has 31 heavy (non-hydrogen) atoms. The number of aliphatic carboxylic acids is 7. The Morgan fingerprint density at radius 2 is 0.290 bits per heavy atom. The monoisotopic (exact) mass is 726 g/mol. The summed E-state index contributed by atoms with van der Waals surface area (Å²) in [6, 6.07) is 0. The Balaban J connectivity index is -0.0000000204. The molecular weight excluding hydrogens is 695 g/mol. The number of hydrogen-bond donors (Lipinski definition) is 7. The summed E-state index contributed by atoms with van der Waals surface area (Å²) in [5.74, 6) is -5.83. The summed E-state index contributed by atoms with van der Waals surface area (Å²) >= 11 is 0. The van der Waals surface area contributed by atoms with Crippen LogP contribution in [0.25, 0.3) is 0 Å². The topological polar surface area (TPSA) is 261 Å². The Labute approximate surface area is 217 Å². The molecule has 0 aromatic rings. The molecule has 0 aromatic heterocycles. The van der Waals surface area contributed by atoms with Crippen LogP contribution in [0.3, 0.4) is 0 Å². The summed E-state index contributed by atoms with van der Waals surface area (Å²) in [7, 11) is 0. The Hall–Kier alpha value is -1.84. The summed E-state index contributed by atoms with van der Waals surface area (Å²) in [6.45, 7) is 7.58. The second-order valence-electron chi connectivity index (χ2n) is 3.63.